The number of nitrogens with zero attached hydrogens (tertiary/aromatic N) is 3. The molecule has 8 nitrogen and oxygen atoms in total. The Morgan fingerprint density at radius 2 is 2.16 bits per heavy atom. The molecule has 0 saturated heterocycles. The third-order valence-electron chi connectivity index (χ3n) is 4.16. The molecule has 2 aromatic rings. The lowest BCUT2D eigenvalue weighted by Crippen LogP contribution is -2.42. The maximum Gasteiger partial charge on any atom is 0.254 e. The van der Waals surface area contributed by atoms with Crippen molar-refractivity contribution in [2.75, 3.05) is 26.7 Å². The van der Waals surface area contributed by atoms with E-state index in [1.54, 1.807) is 16.3 Å². The van der Waals surface area contributed by atoms with Crippen molar-refractivity contribution in [2.45, 2.75) is 17.1 Å². The van der Waals surface area contributed by atoms with Gasteiger partial charge in [-0.3, -0.25) is 9.59 Å². The van der Waals surface area contributed by atoms with Gasteiger partial charge in [0, 0.05) is 32.1 Å². The predicted octanol–water partition coefficient (Wildman–Crippen LogP) is 0.0793. The second-order valence-electron chi connectivity index (χ2n) is 5.73. The molecule has 1 amide bonds. The molecule has 2 aromatic heterocycles. The van der Waals surface area contributed by atoms with Crippen molar-refractivity contribution in [2.24, 2.45) is 0 Å². The van der Waals surface area contributed by atoms with Crippen LogP contribution in [0.25, 0.3) is 0 Å². The lowest BCUT2D eigenvalue weighted by molar-refractivity contribution is -0.131. The van der Waals surface area contributed by atoms with Crippen molar-refractivity contribution in [3.8, 4) is 0 Å². The normalized spacial score (nSPS) is 15.0. The van der Waals surface area contributed by atoms with Gasteiger partial charge in [-0.05, 0) is 17.9 Å². The summed E-state index contributed by atoms with van der Waals surface area (Å²) in [6.07, 6.45) is 2.25. The highest BCUT2D eigenvalue weighted by molar-refractivity contribution is 7.91. The quantitative estimate of drug-likeness (QED) is 0.807. The molecule has 0 aromatic carbocycles. The predicted molar refractivity (Wildman–Crippen MR) is 93.0 cm³/mol. The highest BCUT2D eigenvalue weighted by atomic mass is 32.2. The first-order chi connectivity index (χ1) is 11.9. The number of sulfonamides is 1. The minimum Gasteiger partial charge on any atom is -0.341 e. The summed E-state index contributed by atoms with van der Waals surface area (Å²) in [7, 11) is -2.27. The molecule has 25 heavy (non-hydrogen) atoms. The van der Waals surface area contributed by atoms with Crippen molar-refractivity contribution in [3.05, 3.63) is 45.5 Å². The zero-order valence-electron chi connectivity index (χ0n) is 13.6. The Bertz CT molecular complexity index is 921. The molecule has 0 aliphatic carbocycles. The maximum atomic E-state index is 12.5. The van der Waals surface area contributed by atoms with Crippen molar-refractivity contribution in [3.63, 3.8) is 0 Å². The van der Waals surface area contributed by atoms with Gasteiger partial charge < -0.3 is 9.88 Å². The number of hydrogen-bond donors (Lipinski definition) is 1. The summed E-state index contributed by atoms with van der Waals surface area (Å²) in [5.41, 5.74) is 1.10. The van der Waals surface area contributed by atoms with Gasteiger partial charge in [0.15, 0.2) is 0 Å². The minimum atomic E-state index is -3.66. The van der Waals surface area contributed by atoms with E-state index in [9.17, 15) is 18.0 Å². The second-order valence-corrected chi connectivity index (χ2v) is 8.95. The van der Waals surface area contributed by atoms with Crippen LogP contribution >= 0.6 is 11.3 Å². The van der Waals surface area contributed by atoms with E-state index in [-0.39, 0.29) is 22.2 Å². The fraction of sp³-hybridized carbons (Fsp3) is 0.400. The SMILES string of the molecule is CN(CC(=O)N1CCc2nc[nH]c(=O)c2CC1)S(=O)(=O)c1cccs1. The zero-order valence-corrected chi connectivity index (χ0v) is 15.3. The molecular formula is C15H18N4O4S2. The molecule has 0 fully saturated rings. The van der Waals surface area contributed by atoms with Crippen LogP contribution in [0.4, 0.5) is 0 Å². The van der Waals surface area contributed by atoms with Gasteiger partial charge in [0.1, 0.15) is 4.21 Å². The molecule has 3 rings (SSSR count). The van der Waals surface area contributed by atoms with Gasteiger partial charge in [-0.15, -0.1) is 11.3 Å². The first kappa shape index (κ1) is 17.8. The molecule has 1 aliphatic heterocycles. The van der Waals surface area contributed by atoms with Crippen LogP contribution in [0.15, 0.2) is 32.8 Å². The molecule has 0 atom stereocenters. The van der Waals surface area contributed by atoms with Crippen LogP contribution in [0.3, 0.4) is 0 Å². The number of thiophene rings is 1. The molecule has 3 heterocycles. The number of nitrogens with one attached hydrogen (secondary N) is 1. The fourth-order valence-corrected chi connectivity index (χ4v) is 5.05. The van der Waals surface area contributed by atoms with Crippen LogP contribution < -0.4 is 5.56 Å². The molecule has 0 radical (unpaired) electrons. The Morgan fingerprint density at radius 3 is 2.88 bits per heavy atom. The van der Waals surface area contributed by atoms with Crippen molar-refractivity contribution in [1.82, 2.24) is 19.2 Å². The van der Waals surface area contributed by atoms with E-state index >= 15 is 0 Å². The zero-order chi connectivity index (χ0) is 18.0. The second kappa shape index (κ2) is 7.06. The average molecular weight is 382 g/mol. The Kier molecular flexibility index (Phi) is 5.02. The van der Waals surface area contributed by atoms with Gasteiger partial charge in [0.05, 0.1) is 18.6 Å². The standard InChI is InChI=1S/C15H18N4O4S2/c1-18(25(22,23)14-3-2-8-24-14)9-13(20)19-6-4-11-12(5-7-19)16-10-17-15(11)21/h2-3,8,10H,4-7,9H2,1H3,(H,16,17,21). The summed E-state index contributed by atoms with van der Waals surface area (Å²) in [5.74, 6) is -0.285. The van der Waals surface area contributed by atoms with E-state index < -0.39 is 10.0 Å². The van der Waals surface area contributed by atoms with Crippen molar-refractivity contribution in [1.29, 1.82) is 0 Å². The summed E-state index contributed by atoms with van der Waals surface area (Å²) < 4.78 is 26.1. The average Bonchev–Trinajstić information content (AvgIpc) is 3.03. The largest absolute Gasteiger partial charge is 0.341 e. The molecular weight excluding hydrogens is 364 g/mol. The number of aromatic amines is 1. The van der Waals surface area contributed by atoms with Gasteiger partial charge >= 0.3 is 0 Å². The first-order valence-electron chi connectivity index (χ1n) is 7.72. The van der Waals surface area contributed by atoms with Crippen LogP contribution in [0.1, 0.15) is 11.3 Å². The molecule has 0 saturated carbocycles. The van der Waals surface area contributed by atoms with Crippen molar-refractivity contribution < 1.29 is 13.2 Å². The van der Waals surface area contributed by atoms with Gasteiger partial charge in [-0.1, -0.05) is 6.07 Å². The maximum absolute atomic E-state index is 12.5. The first-order valence-corrected chi connectivity index (χ1v) is 10.0. The van der Waals surface area contributed by atoms with Crippen LogP contribution in [0.5, 0.6) is 0 Å². The third-order valence-corrected chi connectivity index (χ3v) is 7.34. The van der Waals surface area contributed by atoms with Crippen LogP contribution in [0, 0.1) is 0 Å². The van der Waals surface area contributed by atoms with Crippen molar-refractivity contribution >= 4 is 27.3 Å². The topological polar surface area (TPSA) is 103 Å². The lowest BCUT2D eigenvalue weighted by atomic mass is 10.1. The number of rotatable bonds is 4. The summed E-state index contributed by atoms with van der Waals surface area (Å²) in [5, 5.41) is 1.68. The van der Waals surface area contributed by atoms with Gasteiger partial charge in [-0.2, -0.15) is 4.31 Å². The number of fused-ring (bicyclic) bond motifs is 1. The van der Waals surface area contributed by atoms with E-state index in [4.69, 9.17) is 0 Å². The van der Waals surface area contributed by atoms with Crippen LogP contribution in [0.2, 0.25) is 0 Å². The molecule has 0 spiro atoms. The molecule has 0 bridgehead atoms. The Hall–Kier alpha value is -2.04. The van der Waals surface area contributed by atoms with Gasteiger partial charge in [-0.25, -0.2) is 13.4 Å². The van der Waals surface area contributed by atoms with Crippen LogP contribution in [-0.4, -0.2) is 60.2 Å². The number of likely N-dealkylation sites (N-methyl/N-ethyl adjacent to an activating group) is 1. The molecule has 1 aliphatic rings. The van der Waals surface area contributed by atoms with Gasteiger partial charge in [0.25, 0.3) is 15.6 Å². The summed E-state index contributed by atoms with van der Waals surface area (Å²) in [6.45, 7) is 0.545. The smallest absolute Gasteiger partial charge is 0.254 e. The number of amides is 1. The summed E-state index contributed by atoms with van der Waals surface area (Å²) >= 11 is 1.12. The molecule has 134 valence electrons. The van der Waals surface area contributed by atoms with E-state index in [2.05, 4.69) is 9.97 Å². The minimum absolute atomic E-state index is 0.184. The van der Waals surface area contributed by atoms with E-state index in [0.717, 1.165) is 15.6 Å². The summed E-state index contributed by atoms with van der Waals surface area (Å²) in [4.78, 5) is 32.7. The number of aromatic nitrogens is 2. The Morgan fingerprint density at radius 1 is 1.40 bits per heavy atom. The Balaban J connectivity index is 1.68. The number of H-pyrrole nitrogens is 1. The lowest BCUT2D eigenvalue weighted by Gasteiger charge is -2.23. The molecule has 10 heteroatoms. The van der Waals surface area contributed by atoms with E-state index in [1.807, 2.05) is 0 Å². The third kappa shape index (κ3) is 3.65. The van der Waals surface area contributed by atoms with E-state index in [0.29, 0.717) is 37.2 Å². The molecule has 0 unspecified atom stereocenters. The fourth-order valence-electron chi connectivity index (χ4n) is 2.73. The highest BCUT2D eigenvalue weighted by Gasteiger charge is 2.27. The van der Waals surface area contributed by atoms with Crippen LogP contribution in [-0.2, 0) is 27.7 Å². The summed E-state index contributed by atoms with van der Waals surface area (Å²) in [6, 6.07) is 3.17. The molecule has 1 N–H and O–H groups in total. The number of carbonyl (C=O) groups is 1. The highest BCUT2D eigenvalue weighted by Crippen LogP contribution is 2.20. The van der Waals surface area contributed by atoms with Gasteiger partial charge in [0.2, 0.25) is 5.91 Å². The number of carbonyl (C=O) groups excluding carboxylic acids is 1. The Labute approximate surface area is 149 Å². The number of hydrogen-bond acceptors (Lipinski definition) is 6. The monoisotopic (exact) mass is 382 g/mol. The van der Waals surface area contributed by atoms with E-state index in [1.165, 1.54) is 19.4 Å².